The lowest BCUT2D eigenvalue weighted by molar-refractivity contribution is -1.02. The maximum absolute atomic E-state index is 5.96. The van der Waals surface area contributed by atoms with Crippen molar-refractivity contribution >= 4 is 23.7 Å². The third kappa shape index (κ3) is 6.10. The average Bonchev–Trinajstić information content (AvgIpc) is 2.77. The number of nitrogens with one attached hydrogen (secondary N) is 3. The summed E-state index contributed by atoms with van der Waals surface area (Å²) in [7, 11) is 0. The number of nitrogens with zero attached hydrogens (tertiary/aromatic N) is 3. The lowest BCUT2D eigenvalue weighted by atomic mass is 10.2. The van der Waals surface area contributed by atoms with Gasteiger partial charge in [-0.1, -0.05) is 54.6 Å². The van der Waals surface area contributed by atoms with E-state index in [-0.39, 0.29) is 5.95 Å². The zero-order valence-corrected chi connectivity index (χ0v) is 18.0. The van der Waals surface area contributed by atoms with Crippen molar-refractivity contribution in [3.05, 3.63) is 77.6 Å². The van der Waals surface area contributed by atoms with Crippen LogP contribution in [-0.4, -0.2) is 47.7 Å². The first-order chi connectivity index (χ1) is 15.2. The van der Waals surface area contributed by atoms with E-state index in [0.717, 1.165) is 56.3 Å². The van der Waals surface area contributed by atoms with E-state index in [9.17, 15) is 0 Å². The molecular formula is C24H31N7+2. The first-order valence-corrected chi connectivity index (χ1v) is 10.9. The van der Waals surface area contributed by atoms with E-state index >= 15 is 0 Å². The molecule has 1 aromatic heterocycles. The summed E-state index contributed by atoms with van der Waals surface area (Å²) >= 11 is 0. The van der Waals surface area contributed by atoms with E-state index < -0.39 is 0 Å². The van der Waals surface area contributed by atoms with Crippen molar-refractivity contribution in [2.45, 2.75) is 13.5 Å². The Hall–Kier alpha value is -3.29. The zero-order chi connectivity index (χ0) is 21.5. The Balaban J connectivity index is 1.29. The fourth-order valence-corrected chi connectivity index (χ4v) is 3.89. The lowest BCUT2D eigenvalue weighted by Gasteiger charge is -2.28. The van der Waals surface area contributed by atoms with Crippen molar-refractivity contribution in [3.63, 3.8) is 0 Å². The van der Waals surface area contributed by atoms with Crippen LogP contribution in [0.15, 0.2) is 60.7 Å². The number of para-hydroxylation sites is 1. The molecular weight excluding hydrogens is 386 g/mol. The highest BCUT2D eigenvalue weighted by Gasteiger charge is 2.23. The van der Waals surface area contributed by atoms with Crippen LogP contribution in [0.5, 0.6) is 0 Å². The summed E-state index contributed by atoms with van der Waals surface area (Å²) in [5.74, 6) is 1.51. The Morgan fingerprint density at radius 3 is 2.39 bits per heavy atom. The van der Waals surface area contributed by atoms with Crippen LogP contribution in [0.25, 0.3) is 6.08 Å². The Kier molecular flexibility index (Phi) is 6.86. The van der Waals surface area contributed by atoms with E-state index in [4.69, 9.17) is 5.73 Å². The first kappa shape index (κ1) is 21.0. The van der Waals surface area contributed by atoms with Gasteiger partial charge in [-0.25, -0.2) is 0 Å². The van der Waals surface area contributed by atoms with Crippen molar-refractivity contribution in [3.8, 4) is 0 Å². The number of aromatic nitrogens is 3. The number of nitrogens with two attached hydrogens (primary N) is 1. The summed E-state index contributed by atoms with van der Waals surface area (Å²) in [4.78, 5) is 16.4. The van der Waals surface area contributed by atoms with E-state index in [1.54, 1.807) is 4.90 Å². The summed E-state index contributed by atoms with van der Waals surface area (Å²) in [6, 6.07) is 18.5. The van der Waals surface area contributed by atoms with Crippen molar-refractivity contribution in [2.24, 2.45) is 0 Å². The van der Waals surface area contributed by atoms with Gasteiger partial charge in [0.2, 0.25) is 11.9 Å². The molecule has 1 fully saturated rings. The first-order valence-electron chi connectivity index (χ1n) is 10.9. The van der Waals surface area contributed by atoms with Crippen LogP contribution >= 0.6 is 0 Å². The van der Waals surface area contributed by atoms with Gasteiger partial charge in [-0.05, 0) is 30.2 Å². The molecule has 0 radical (unpaired) electrons. The van der Waals surface area contributed by atoms with Gasteiger partial charge >= 0.3 is 0 Å². The minimum Gasteiger partial charge on any atom is -0.368 e. The van der Waals surface area contributed by atoms with E-state index in [0.29, 0.717) is 5.95 Å². The molecule has 0 amide bonds. The lowest BCUT2D eigenvalue weighted by Crippen LogP contribution is -3.27. The van der Waals surface area contributed by atoms with E-state index in [1.807, 2.05) is 24.3 Å². The van der Waals surface area contributed by atoms with Crippen molar-refractivity contribution in [1.29, 1.82) is 0 Å². The van der Waals surface area contributed by atoms with Gasteiger partial charge in [0.25, 0.3) is 0 Å². The molecule has 5 N–H and O–H groups in total. The van der Waals surface area contributed by atoms with Crippen LogP contribution in [0.2, 0.25) is 0 Å². The Morgan fingerprint density at radius 1 is 0.903 bits per heavy atom. The van der Waals surface area contributed by atoms with Crippen LogP contribution in [0, 0.1) is 6.92 Å². The summed E-state index contributed by atoms with van der Waals surface area (Å²) in [6.45, 7) is 8.36. The molecule has 1 aliphatic rings. The topological polar surface area (TPSA) is 85.6 Å². The van der Waals surface area contributed by atoms with Gasteiger partial charge in [0, 0.05) is 5.69 Å². The normalized spacial score (nSPS) is 18.9. The number of quaternary nitrogens is 2. The van der Waals surface area contributed by atoms with Gasteiger partial charge in [-0.3, -0.25) is 0 Å². The number of nitrogen functional groups attached to an aromatic ring is 1. The Morgan fingerprint density at radius 2 is 1.61 bits per heavy atom. The highest BCUT2D eigenvalue weighted by atomic mass is 15.3. The van der Waals surface area contributed by atoms with Gasteiger partial charge in [0.05, 0.1) is 6.54 Å². The number of anilines is 3. The number of piperazine rings is 1. The molecule has 160 valence electrons. The third-order valence-corrected chi connectivity index (χ3v) is 5.68. The monoisotopic (exact) mass is 417 g/mol. The number of rotatable bonds is 7. The van der Waals surface area contributed by atoms with Gasteiger partial charge in [-0.2, -0.15) is 15.0 Å². The molecule has 7 heteroatoms. The van der Waals surface area contributed by atoms with E-state index in [1.165, 1.54) is 10.5 Å². The number of hydrogen-bond donors (Lipinski definition) is 4. The molecule has 1 saturated heterocycles. The summed E-state index contributed by atoms with van der Waals surface area (Å²) < 4.78 is 0. The predicted molar refractivity (Wildman–Crippen MR) is 124 cm³/mol. The van der Waals surface area contributed by atoms with Crippen LogP contribution < -0.4 is 20.9 Å². The quantitative estimate of drug-likeness (QED) is 0.450. The van der Waals surface area contributed by atoms with Crippen molar-refractivity contribution in [2.75, 3.05) is 43.8 Å². The van der Waals surface area contributed by atoms with Crippen molar-refractivity contribution < 1.29 is 9.80 Å². The minimum atomic E-state index is 0.260. The van der Waals surface area contributed by atoms with Crippen molar-refractivity contribution in [1.82, 2.24) is 15.0 Å². The number of aryl methyl sites for hydroxylation is 1. The van der Waals surface area contributed by atoms with Gasteiger partial charge in [0.1, 0.15) is 32.7 Å². The maximum Gasteiger partial charge on any atom is 0.232 e. The van der Waals surface area contributed by atoms with Gasteiger partial charge in [0.15, 0.2) is 5.82 Å². The molecule has 2 heterocycles. The molecule has 0 saturated carbocycles. The Bertz CT molecular complexity index is 1010. The molecule has 0 unspecified atom stereocenters. The number of hydrogen-bond acceptors (Lipinski definition) is 5. The average molecular weight is 418 g/mol. The highest BCUT2D eigenvalue weighted by Crippen LogP contribution is 2.17. The third-order valence-electron chi connectivity index (χ3n) is 5.68. The smallest absolute Gasteiger partial charge is 0.232 e. The SMILES string of the molecule is Cc1ccccc1Nc1nc(N)nc(C[NH+]2CC[NH+](C/C=C/c3ccccc3)CC2)n1. The second-order valence-corrected chi connectivity index (χ2v) is 8.07. The van der Waals surface area contributed by atoms with Gasteiger partial charge < -0.3 is 20.9 Å². The zero-order valence-electron chi connectivity index (χ0n) is 18.0. The molecule has 31 heavy (non-hydrogen) atoms. The van der Waals surface area contributed by atoms with Crippen LogP contribution in [0.1, 0.15) is 17.0 Å². The summed E-state index contributed by atoms with van der Waals surface area (Å²) in [5, 5.41) is 3.27. The molecule has 7 nitrogen and oxygen atoms in total. The minimum absolute atomic E-state index is 0.260. The van der Waals surface area contributed by atoms with E-state index in [2.05, 4.69) is 69.7 Å². The van der Waals surface area contributed by atoms with Gasteiger partial charge in [-0.15, -0.1) is 0 Å². The fourth-order valence-electron chi connectivity index (χ4n) is 3.89. The molecule has 0 bridgehead atoms. The molecule has 3 aromatic rings. The fraction of sp³-hybridized carbons (Fsp3) is 0.292. The summed E-state index contributed by atoms with van der Waals surface area (Å²) in [6.07, 6.45) is 4.49. The standard InChI is InChI=1S/C24H29N7/c1-19-8-5-6-12-21(19)26-24-28-22(27-23(25)29-24)18-31-16-14-30(15-17-31)13-7-11-20-9-3-2-4-10-20/h2-12H,13-18H2,1H3,(H3,25,26,27,28,29)/p+2/b11-7+. The molecule has 1 aliphatic heterocycles. The largest absolute Gasteiger partial charge is 0.368 e. The van der Waals surface area contributed by atoms with Crippen LogP contribution in [0.4, 0.5) is 17.6 Å². The Labute approximate surface area is 183 Å². The molecule has 0 spiro atoms. The second-order valence-electron chi connectivity index (χ2n) is 8.07. The summed E-state index contributed by atoms with van der Waals surface area (Å²) in [5.41, 5.74) is 9.33. The maximum atomic E-state index is 5.96. The molecule has 0 aliphatic carbocycles. The molecule has 4 rings (SSSR count). The van der Waals surface area contributed by atoms with Crippen LogP contribution in [0.3, 0.4) is 0 Å². The molecule has 0 atom stereocenters. The predicted octanol–water partition coefficient (Wildman–Crippen LogP) is 0.503. The second kappa shape index (κ2) is 10.1. The number of benzene rings is 2. The molecule has 2 aromatic carbocycles. The van der Waals surface area contributed by atoms with Crippen LogP contribution in [-0.2, 0) is 6.54 Å². The highest BCUT2D eigenvalue weighted by molar-refractivity contribution is 5.58.